The molecule has 0 aliphatic rings. The van der Waals surface area contributed by atoms with Crippen LogP contribution in [0.3, 0.4) is 0 Å². The number of rotatable bonds is 5. The number of benzene rings is 2. The maximum atomic E-state index is 12.0. The largest absolute Gasteiger partial charge is 0.411 e. The number of aryl methyl sites for hydroxylation is 2. The maximum Gasteiger partial charge on any atom is 0.277 e. The number of hydrogen-bond donors (Lipinski definition) is 1. The Morgan fingerprint density at radius 2 is 1.88 bits per heavy atom. The van der Waals surface area contributed by atoms with Gasteiger partial charge in [-0.05, 0) is 61.4 Å². The van der Waals surface area contributed by atoms with Crippen LogP contribution in [0.1, 0.15) is 11.1 Å². The van der Waals surface area contributed by atoms with E-state index in [-0.39, 0.29) is 11.7 Å². The number of carbonyl (C=O) groups excluding carboxylic acids is 1. The second-order valence-corrected chi connectivity index (χ2v) is 6.88. The SMILES string of the molecule is Cc1ccc(-c2nnc(SCC(=O)Nc3ccc(Cl)cc3)o2)cc1C. The molecule has 0 saturated carbocycles. The van der Waals surface area contributed by atoms with Gasteiger partial charge in [0.15, 0.2) is 0 Å². The summed E-state index contributed by atoms with van der Waals surface area (Å²) in [7, 11) is 0. The summed E-state index contributed by atoms with van der Waals surface area (Å²) in [4.78, 5) is 12.0. The Morgan fingerprint density at radius 1 is 1.12 bits per heavy atom. The number of hydrogen-bond acceptors (Lipinski definition) is 5. The molecule has 0 aliphatic carbocycles. The Hall–Kier alpha value is -2.31. The van der Waals surface area contributed by atoms with Crippen LogP contribution in [0.4, 0.5) is 5.69 Å². The number of carbonyl (C=O) groups is 1. The molecule has 0 saturated heterocycles. The Balaban J connectivity index is 1.58. The van der Waals surface area contributed by atoms with Crippen molar-refractivity contribution < 1.29 is 9.21 Å². The van der Waals surface area contributed by atoms with Gasteiger partial charge in [-0.25, -0.2) is 0 Å². The number of aromatic nitrogens is 2. The van der Waals surface area contributed by atoms with Crippen LogP contribution in [0.2, 0.25) is 5.02 Å². The van der Waals surface area contributed by atoms with E-state index in [0.717, 1.165) is 11.1 Å². The highest BCUT2D eigenvalue weighted by Crippen LogP contribution is 2.25. The van der Waals surface area contributed by atoms with Gasteiger partial charge in [0.05, 0.1) is 5.75 Å². The lowest BCUT2D eigenvalue weighted by Crippen LogP contribution is -2.13. The van der Waals surface area contributed by atoms with Crippen molar-refractivity contribution in [3.05, 3.63) is 58.6 Å². The fraction of sp³-hybridized carbons (Fsp3) is 0.167. The lowest BCUT2D eigenvalue weighted by molar-refractivity contribution is -0.113. The van der Waals surface area contributed by atoms with Crippen LogP contribution in [0, 0.1) is 13.8 Å². The average Bonchev–Trinajstić information content (AvgIpc) is 3.07. The number of amides is 1. The van der Waals surface area contributed by atoms with Crippen molar-refractivity contribution in [3.8, 4) is 11.5 Å². The fourth-order valence-corrected chi connectivity index (χ4v) is 2.81. The van der Waals surface area contributed by atoms with Gasteiger partial charge in [0.1, 0.15) is 0 Å². The zero-order valence-corrected chi connectivity index (χ0v) is 15.3. The highest BCUT2D eigenvalue weighted by Gasteiger charge is 2.12. The predicted molar refractivity (Wildman–Crippen MR) is 100 cm³/mol. The summed E-state index contributed by atoms with van der Waals surface area (Å²) in [5, 5.41) is 11.8. The molecule has 0 unspecified atom stereocenters. The van der Waals surface area contributed by atoms with E-state index in [4.69, 9.17) is 16.0 Å². The first-order valence-corrected chi connectivity index (χ1v) is 8.97. The average molecular weight is 374 g/mol. The molecule has 0 spiro atoms. The predicted octanol–water partition coefficient (Wildman–Crippen LogP) is 4.74. The first-order chi connectivity index (χ1) is 12.0. The minimum Gasteiger partial charge on any atom is -0.411 e. The molecule has 1 aromatic heterocycles. The van der Waals surface area contributed by atoms with Crippen LogP contribution in [-0.2, 0) is 4.79 Å². The molecule has 5 nitrogen and oxygen atoms in total. The van der Waals surface area contributed by atoms with Gasteiger partial charge in [0.2, 0.25) is 11.8 Å². The van der Waals surface area contributed by atoms with E-state index >= 15 is 0 Å². The summed E-state index contributed by atoms with van der Waals surface area (Å²) in [5.41, 5.74) is 3.92. The van der Waals surface area contributed by atoms with Gasteiger partial charge >= 0.3 is 0 Å². The third kappa shape index (κ3) is 4.61. The fourth-order valence-electron chi connectivity index (χ4n) is 2.12. The maximum absolute atomic E-state index is 12.0. The van der Waals surface area contributed by atoms with E-state index in [9.17, 15) is 4.79 Å². The molecule has 25 heavy (non-hydrogen) atoms. The van der Waals surface area contributed by atoms with Gasteiger partial charge < -0.3 is 9.73 Å². The molecule has 0 atom stereocenters. The topological polar surface area (TPSA) is 68.0 Å². The van der Waals surface area contributed by atoms with Crippen molar-refractivity contribution in [2.45, 2.75) is 19.1 Å². The summed E-state index contributed by atoms with van der Waals surface area (Å²) >= 11 is 7.01. The number of halogens is 1. The van der Waals surface area contributed by atoms with Crippen LogP contribution in [-0.4, -0.2) is 21.9 Å². The highest BCUT2D eigenvalue weighted by molar-refractivity contribution is 7.99. The molecule has 3 rings (SSSR count). The van der Waals surface area contributed by atoms with Crippen LogP contribution < -0.4 is 5.32 Å². The van der Waals surface area contributed by atoms with E-state index in [1.807, 2.05) is 32.0 Å². The molecular weight excluding hydrogens is 358 g/mol. The summed E-state index contributed by atoms with van der Waals surface area (Å²) in [6.45, 7) is 4.08. The number of anilines is 1. The van der Waals surface area contributed by atoms with Gasteiger partial charge in [-0.15, -0.1) is 10.2 Å². The summed E-state index contributed by atoms with van der Waals surface area (Å²) in [6, 6.07) is 12.9. The van der Waals surface area contributed by atoms with E-state index in [1.54, 1.807) is 24.3 Å². The zero-order chi connectivity index (χ0) is 17.8. The lowest BCUT2D eigenvalue weighted by Gasteiger charge is -2.03. The summed E-state index contributed by atoms with van der Waals surface area (Å²) in [6.07, 6.45) is 0. The second-order valence-electron chi connectivity index (χ2n) is 5.52. The zero-order valence-electron chi connectivity index (χ0n) is 13.7. The molecular formula is C18H16ClN3O2S. The van der Waals surface area contributed by atoms with E-state index in [0.29, 0.717) is 21.8 Å². The van der Waals surface area contributed by atoms with Gasteiger partial charge in [0, 0.05) is 16.3 Å². The smallest absolute Gasteiger partial charge is 0.277 e. The van der Waals surface area contributed by atoms with Crippen molar-refractivity contribution >= 4 is 35.0 Å². The molecule has 3 aromatic rings. The summed E-state index contributed by atoms with van der Waals surface area (Å²) < 4.78 is 5.62. The quantitative estimate of drug-likeness (QED) is 0.654. The standard InChI is InChI=1S/C18H16ClN3O2S/c1-11-3-4-13(9-12(11)2)17-21-22-18(24-17)25-10-16(23)20-15-7-5-14(19)6-8-15/h3-9H,10H2,1-2H3,(H,20,23). The molecule has 2 aromatic carbocycles. The lowest BCUT2D eigenvalue weighted by atomic mass is 10.1. The molecule has 1 heterocycles. The van der Waals surface area contributed by atoms with E-state index < -0.39 is 0 Å². The van der Waals surface area contributed by atoms with Crippen molar-refractivity contribution in [1.82, 2.24) is 10.2 Å². The van der Waals surface area contributed by atoms with Gasteiger partial charge in [-0.1, -0.05) is 29.4 Å². The Kier molecular flexibility index (Phi) is 5.40. The molecule has 0 bridgehead atoms. The number of nitrogens with zero attached hydrogens (tertiary/aromatic N) is 2. The van der Waals surface area contributed by atoms with Crippen LogP contribution >= 0.6 is 23.4 Å². The number of thioether (sulfide) groups is 1. The minimum atomic E-state index is -0.154. The molecule has 0 aliphatic heterocycles. The van der Waals surface area contributed by atoms with Crippen molar-refractivity contribution in [2.75, 3.05) is 11.1 Å². The Labute approximate surface area is 154 Å². The van der Waals surface area contributed by atoms with Crippen LogP contribution in [0.5, 0.6) is 0 Å². The van der Waals surface area contributed by atoms with Gasteiger partial charge in [-0.3, -0.25) is 4.79 Å². The van der Waals surface area contributed by atoms with Crippen LogP contribution in [0.25, 0.3) is 11.5 Å². The molecule has 1 N–H and O–H groups in total. The molecule has 7 heteroatoms. The Bertz CT molecular complexity index is 894. The van der Waals surface area contributed by atoms with Gasteiger partial charge in [0.25, 0.3) is 5.22 Å². The first kappa shape index (κ1) is 17.5. The number of nitrogens with one attached hydrogen (secondary N) is 1. The van der Waals surface area contributed by atoms with E-state index in [1.165, 1.54) is 17.3 Å². The van der Waals surface area contributed by atoms with Gasteiger partial charge in [-0.2, -0.15) is 0 Å². The molecule has 0 radical (unpaired) electrons. The summed E-state index contributed by atoms with van der Waals surface area (Å²) in [5.74, 6) is 0.471. The van der Waals surface area contributed by atoms with Crippen molar-refractivity contribution in [3.63, 3.8) is 0 Å². The third-order valence-electron chi connectivity index (χ3n) is 3.62. The highest BCUT2D eigenvalue weighted by atomic mass is 35.5. The Morgan fingerprint density at radius 3 is 2.60 bits per heavy atom. The van der Waals surface area contributed by atoms with Crippen LogP contribution in [0.15, 0.2) is 52.1 Å². The monoisotopic (exact) mass is 373 g/mol. The van der Waals surface area contributed by atoms with Crippen molar-refractivity contribution in [1.29, 1.82) is 0 Å². The minimum absolute atomic E-state index is 0.154. The molecule has 0 fully saturated rings. The molecule has 128 valence electrons. The van der Waals surface area contributed by atoms with Crippen molar-refractivity contribution in [2.24, 2.45) is 0 Å². The molecule has 1 amide bonds. The first-order valence-electron chi connectivity index (χ1n) is 7.60. The second kappa shape index (κ2) is 7.72. The normalized spacial score (nSPS) is 10.7. The van der Waals surface area contributed by atoms with E-state index in [2.05, 4.69) is 15.5 Å². The third-order valence-corrected chi connectivity index (χ3v) is 4.69.